The van der Waals surface area contributed by atoms with Gasteiger partial charge in [0.1, 0.15) is 5.60 Å². The van der Waals surface area contributed by atoms with Gasteiger partial charge in [-0.15, -0.1) is 0 Å². The van der Waals surface area contributed by atoms with Crippen LogP contribution in [-0.4, -0.2) is 35.1 Å². The van der Waals surface area contributed by atoms with Crippen LogP contribution in [0.3, 0.4) is 0 Å². The summed E-state index contributed by atoms with van der Waals surface area (Å²) in [7, 11) is 0. The lowest BCUT2D eigenvalue weighted by Gasteiger charge is -2.19. The van der Waals surface area contributed by atoms with Crippen LogP contribution >= 0.6 is 0 Å². The first-order chi connectivity index (χ1) is 8.70. The maximum Gasteiger partial charge on any atom is 0.407 e. The van der Waals surface area contributed by atoms with Crippen LogP contribution in [0.5, 0.6) is 0 Å². The molecule has 0 aromatic heterocycles. The highest BCUT2D eigenvalue weighted by atomic mass is 16.6. The Morgan fingerprint density at radius 2 is 1.79 bits per heavy atom. The molecular weight excluding hydrogens is 250 g/mol. The molecule has 0 spiro atoms. The molecule has 0 atom stereocenters. The van der Waals surface area contributed by atoms with Crippen molar-refractivity contribution in [3.63, 3.8) is 0 Å². The highest BCUT2D eigenvalue weighted by Crippen LogP contribution is 2.06. The van der Waals surface area contributed by atoms with Crippen molar-refractivity contribution in [1.82, 2.24) is 5.32 Å². The molecule has 6 heteroatoms. The van der Waals surface area contributed by atoms with Crippen LogP contribution in [0, 0.1) is 0 Å². The highest BCUT2D eigenvalue weighted by molar-refractivity contribution is 5.95. The predicted molar refractivity (Wildman–Crippen MR) is 69.9 cm³/mol. The number of carbonyl (C=O) groups excluding carboxylic acids is 2. The number of hydrogen-bond donors (Lipinski definition) is 2. The number of rotatable bonds is 7. The van der Waals surface area contributed by atoms with Gasteiger partial charge in [-0.25, -0.2) is 9.59 Å². The van der Waals surface area contributed by atoms with E-state index in [9.17, 15) is 14.4 Å². The first kappa shape index (κ1) is 17.2. The van der Waals surface area contributed by atoms with Gasteiger partial charge in [0.05, 0.1) is 0 Å². The second kappa shape index (κ2) is 8.29. The van der Waals surface area contributed by atoms with Crippen molar-refractivity contribution in [1.29, 1.82) is 0 Å². The van der Waals surface area contributed by atoms with Crippen LogP contribution in [0.1, 0.15) is 40.0 Å². The molecule has 19 heavy (non-hydrogen) atoms. The number of allylic oxidation sites excluding steroid dienone is 1. The third kappa shape index (κ3) is 12.4. The first-order valence-electron chi connectivity index (χ1n) is 6.11. The normalized spacial score (nSPS) is 11.3. The molecule has 0 unspecified atom stereocenters. The quantitative estimate of drug-likeness (QED) is 0.545. The first-order valence-corrected chi connectivity index (χ1v) is 6.11. The van der Waals surface area contributed by atoms with E-state index in [-0.39, 0.29) is 12.2 Å². The fourth-order valence-corrected chi connectivity index (χ4v) is 1.18. The van der Waals surface area contributed by atoms with Gasteiger partial charge in [-0.3, -0.25) is 4.79 Å². The van der Waals surface area contributed by atoms with Gasteiger partial charge in [0.2, 0.25) is 0 Å². The summed E-state index contributed by atoms with van der Waals surface area (Å²) in [6.07, 6.45) is 2.86. The van der Waals surface area contributed by atoms with Gasteiger partial charge in [0.25, 0.3) is 0 Å². The monoisotopic (exact) mass is 271 g/mol. The number of aliphatic carboxylic acids is 1. The van der Waals surface area contributed by atoms with Gasteiger partial charge in [-0.05, 0) is 39.7 Å². The van der Waals surface area contributed by atoms with E-state index in [1.54, 1.807) is 20.8 Å². The molecule has 108 valence electrons. The molecule has 2 N–H and O–H groups in total. The van der Waals surface area contributed by atoms with E-state index in [0.717, 1.165) is 12.2 Å². The Kier molecular flexibility index (Phi) is 7.48. The average molecular weight is 271 g/mol. The molecule has 0 rings (SSSR count). The fraction of sp³-hybridized carbons (Fsp3) is 0.615. The summed E-state index contributed by atoms with van der Waals surface area (Å²) in [6.45, 7) is 5.75. The van der Waals surface area contributed by atoms with Gasteiger partial charge in [-0.1, -0.05) is 0 Å². The second-order valence-corrected chi connectivity index (χ2v) is 5.02. The number of amides is 1. The maximum absolute atomic E-state index is 11.3. The van der Waals surface area contributed by atoms with Gasteiger partial charge < -0.3 is 15.2 Å². The van der Waals surface area contributed by atoms with Crippen LogP contribution in [0.15, 0.2) is 12.2 Å². The van der Waals surface area contributed by atoms with Crippen LogP contribution in [0.2, 0.25) is 0 Å². The molecule has 0 fully saturated rings. The minimum Gasteiger partial charge on any atom is -0.478 e. The standard InChI is InChI=1S/C13H21NO5/c1-13(2,3)19-12(18)14-9-5-4-6-10(15)7-8-11(16)17/h7-8H,4-6,9H2,1-3H3,(H,14,18)(H,16,17)/b8-7-. The SMILES string of the molecule is CC(C)(C)OC(=O)NCCCCC(=O)/C=C\C(=O)O. The summed E-state index contributed by atoms with van der Waals surface area (Å²) >= 11 is 0. The zero-order valence-electron chi connectivity index (χ0n) is 11.6. The lowest BCUT2D eigenvalue weighted by atomic mass is 10.1. The maximum atomic E-state index is 11.3. The second-order valence-electron chi connectivity index (χ2n) is 5.02. The summed E-state index contributed by atoms with van der Waals surface area (Å²) in [5.74, 6) is -1.38. The van der Waals surface area contributed by atoms with Gasteiger partial charge in [0, 0.05) is 19.0 Å². The average Bonchev–Trinajstić information content (AvgIpc) is 2.23. The highest BCUT2D eigenvalue weighted by Gasteiger charge is 2.15. The van der Waals surface area contributed by atoms with Crippen molar-refractivity contribution in [3.8, 4) is 0 Å². The van der Waals surface area contributed by atoms with Crippen molar-refractivity contribution >= 4 is 17.8 Å². The lowest BCUT2D eigenvalue weighted by Crippen LogP contribution is -2.33. The number of carbonyl (C=O) groups is 3. The minimum atomic E-state index is -1.14. The third-order valence-electron chi connectivity index (χ3n) is 1.93. The molecule has 0 aromatic carbocycles. The Morgan fingerprint density at radius 1 is 1.16 bits per heavy atom. The largest absolute Gasteiger partial charge is 0.478 e. The molecule has 0 aliphatic rings. The summed E-state index contributed by atoms with van der Waals surface area (Å²) in [5.41, 5.74) is -0.526. The van der Waals surface area contributed by atoms with Crippen molar-refractivity contribution in [2.45, 2.75) is 45.6 Å². The molecule has 6 nitrogen and oxygen atoms in total. The Bertz CT molecular complexity index is 355. The number of unbranched alkanes of at least 4 members (excludes halogenated alkanes) is 1. The Labute approximate surface area is 112 Å². The van der Waals surface area contributed by atoms with Crippen molar-refractivity contribution in [2.24, 2.45) is 0 Å². The van der Waals surface area contributed by atoms with E-state index in [4.69, 9.17) is 9.84 Å². The number of hydrogen-bond acceptors (Lipinski definition) is 4. The van der Waals surface area contributed by atoms with Gasteiger partial charge >= 0.3 is 12.1 Å². The molecule has 0 bridgehead atoms. The van der Waals surface area contributed by atoms with E-state index >= 15 is 0 Å². The van der Waals surface area contributed by atoms with Crippen LogP contribution in [-0.2, 0) is 14.3 Å². The molecular formula is C13H21NO5. The van der Waals surface area contributed by atoms with E-state index in [0.29, 0.717) is 19.4 Å². The van der Waals surface area contributed by atoms with Crippen molar-refractivity contribution in [3.05, 3.63) is 12.2 Å². The molecule has 0 aromatic rings. The number of nitrogens with one attached hydrogen (secondary N) is 1. The van der Waals surface area contributed by atoms with Crippen LogP contribution in [0.4, 0.5) is 4.79 Å². The van der Waals surface area contributed by atoms with E-state index in [1.807, 2.05) is 0 Å². The number of carboxylic acid groups (broad SMARTS) is 1. The summed E-state index contributed by atoms with van der Waals surface area (Å²) < 4.78 is 5.04. The molecule has 0 radical (unpaired) electrons. The Hall–Kier alpha value is -1.85. The molecule has 0 aliphatic carbocycles. The summed E-state index contributed by atoms with van der Waals surface area (Å²) in [5, 5.41) is 10.9. The van der Waals surface area contributed by atoms with E-state index in [1.165, 1.54) is 0 Å². The predicted octanol–water partition coefficient (Wildman–Crippen LogP) is 1.89. The minimum absolute atomic E-state index is 0.236. The molecule has 0 saturated carbocycles. The lowest BCUT2D eigenvalue weighted by molar-refractivity contribution is -0.131. The van der Waals surface area contributed by atoms with E-state index in [2.05, 4.69) is 5.32 Å². The molecule has 0 aliphatic heterocycles. The topological polar surface area (TPSA) is 92.7 Å². The smallest absolute Gasteiger partial charge is 0.407 e. The molecule has 1 amide bonds. The summed E-state index contributed by atoms with van der Waals surface area (Å²) in [6, 6.07) is 0. The van der Waals surface area contributed by atoms with E-state index < -0.39 is 17.7 Å². The number of carboxylic acids is 1. The van der Waals surface area contributed by atoms with Crippen LogP contribution < -0.4 is 5.32 Å². The zero-order valence-corrected chi connectivity index (χ0v) is 11.6. The van der Waals surface area contributed by atoms with Crippen molar-refractivity contribution in [2.75, 3.05) is 6.54 Å². The van der Waals surface area contributed by atoms with Crippen LogP contribution in [0.25, 0.3) is 0 Å². The third-order valence-corrected chi connectivity index (χ3v) is 1.93. The number of ketones is 1. The molecule has 0 heterocycles. The molecule has 0 saturated heterocycles. The summed E-state index contributed by atoms with van der Waals surface area (Å²) in [4.78, 5) is 32.6. The fourth-order valence-electron chi connectivity index (χ4n) is 1.18. The number of ether oxygens (including phenoxy) is 1. The van der Waals surface area contributed by atoms with Crippen molar-refractivity contribution < 1.29 is 24.2 Å². The van der Waals surface area contributed by atoms with Gasteiger partial charge in [0.15, 0.2) is 5.78 Å². The Morgan fingerprint density at radius 3 is 2.32 bits per heavy atom. The Balaban J connectivity index is 3.63. The number of alkyl carbamates (subject to hydrolysis) is 1. The zero-order chi connectivity index (χ0) is 14.9. The van der Waals surface area contributed by atoms with Gasteiger partial charge in [-0.2, -0.15) is 0 Å².